The molecule has 0 aromatic heterocycles. The molecule has 31 heavy (non-hydrogen) atoms. The molecule has 7 heteroatoms. The van der Waals surface area contributed by atoms with Crippen LogP contribution in [0.15, 0.2) is 82.7 Å². The van der Waals surface area contributed by atoms with E-state index in [9.17, 15) is 17.6 Å². The summed E-state index contributed by atoms with van der Waals surface area (Å²) in [5.74, 6) is -0.710. The Morgan fingerprint density at radius 1 is 1.00 bits per heavy atom. The number of allylic oxidation sites excluding steroid dienone is 1. The third-order valence-electron chi connectivity index (χ3n) is 5.21. The highest BCUT2D eigenvalue weighted by molar-refractivity contribution is 7.96. The van der Waals surface area contributed by atoms with Crippen LogP contribution < -0.4 is 9.64 Å². The number of aryl methyl sites for hydroxylation is 1. The molecule has 0 N–H and O–H groups in total. The van der Waals surface area contributed by atoms with Crippen LogP contribution in [0.5, 0.6) is 5.75 Å². The van der Waals surface area contributed by atoms with Gasteiger partial charge in [-0.1, -0.05) is 31.2 Å². The zero-order valence-corrected chi connectivity index (χ0v) is 17.8. The number of Topliss-reactive ketones (excluding diaryl/α,β-unsaturated/α-hetero) is 1. The van der Waals surface area contributed by atoms with Gasteiger partial charge in [0.25, 0.3) is 0 Å². The summed E-state index contributed by atoms with van der Waals surface area (Å²) in [6.07, 6.45) is 2.10. The molecule has 3 aromatic carbocycles. The summed E-state index contributed by atoms with van der Waals surface area (Å²) in [5.41, 5.74) is 2.16. The van der Waals surface area contributed by atoms with Gasteiger partial charge in [-0.3, -0.25) is 4.79 Å². The summed E-state index contributed by atoms with van der Waals surface area (Å²) >= 11 is 0. The molecule has 1 aliphatic heterocycles. The fourth-order valence-electron chi connectivity index (χ4n) is 3.45. The summed E-state index contributed by atoms with van der Waals surface area (Å²) < 4.78 is 45.7. The van der Waals surface area contributed by atoms with Crippen molar-refractivity contribution in [1.29, 1.82) is 0 Å². The molecule has 0 aliphatic carbocycles. The van der Waals surface area contributed by atoms with E-state index >= 15 is 0 Å². The lowest BCUT2D eigenvalue weighted by atomic mass is 10.1. The fourth-order valence-corrected chi connectivity index (χ4v) is 5.00. The number of carbonyl (C=O) groups excluding carboxylic acids is 1. The number of carbonyl (C=O) groups is 1. The summed E-state index contributed by atoms with van der Waals surface area (Å²) in [7, 11) is -2.67. The molecule has 0 fully saturated rings. The van der Waals surface area contributed by atoms with E-state index < -0.39 is 26.3 Å². The minimum atomic E-state index is -4.22. The molecule has 0 atom stereocenters. The van der Waals surface area contributed by atoms with Gasteiger partial charge in [-0.15, -0.1) is 0 Å². The van der Waals surface area contributed by atoms with E-state index in [4.69, 9.17) is 4.74 Å². The Morgan fingerprint density at radius 2 is 1.68 bits per heavy atom. The van der Waals surface area contributed by atoms with Crippen molar-refractivity contribution in [3.05, 3.63) is 94.8 Å². The standard InChI is InChI=1S/C24H20FNO4S/c1-3-16-4-6-17(7-5-16)24(27)23-15-26(19-9-11-20(30-2)12-10-19)21-13-8-18(25)14-22(21)31(23,28)29/h4-15H,3H2,1-2H3. The van der Waals surface area contributed by atoms with E-state index in [1.54, 1.807) is 60.5 Å². The number of benzene rings is 3. The number of sulfone groups is 1. The van der Waals surface area contributed by atoms with Crippen LogP contribution in [0.1, 0.15) is 22.8 Å². The average molecular weight is 437 g/mol. The zero-order chi connectivity index (χ0) is 22.2. The largest absolute Gasteiger partial charge is 0.497 e. The molecule has 0 radical (unpaired) electrons. The number of rotatable bonds is 5. The molecule has 4 rings (SSSR count). The van der Waals surface area contributed by atoms with E-state index in [2.05, 4.69) is 0 Å². The number of anilines is 2. The predicted octanol–water partition coefficient (Wildman–Crippen LogP) is 5.05. The number of hydrogen-bond acceptors (Lipinski definition) is 5. The molecule has 0 amide bonds. The van der Waals surface area contributed by atoms with Crippen molar-refractivity contribution in [2.75, 3.05) is 12.0 Å². The zero-order valence-electron chi connectivity index (χ0n) is 17.0. The summed E-state index contributed by atoms with van der Waals surface area (Å²) in [5, 5.41) is 0. The van der Waals surface area contributed by atoms with E-state index in [0.29, 0.717) is 11.4 Å². The van der Waals surface area contributed by atoms with Crippen LogP contribution in [0, 0.1) is 5.82 Å². The van der Waals surface area contributed by atoms with Crippen molar-refractivity contribution in [1.82, 2.24) is 0 Å². The summed E-state index contributed by atoms with van der Waals surface area (Å²) in [4.78, 5) is 14.1. The number of ketones is 1. The normalized spacial score (nSPS) is 14.5. The molecule has 0 unspecified atom stereocenters. The Labute approximate surface area is 180 Å². The van der Waals surface area contributed by atoms with Crippen LogP contribution in [0.3, 0.4) is 0 Å². The van der Waals surface area contributed by atoms with E-state index in [0.717, 1.165) is 18.1 Å². The maximum absolute atomic E-state index is 14.0. The van der Waals surface area contributed by atoms with Gasteiger partial charge in [-0.05, 0) is 54.4 Å². The highest BCUT2D eigenvalue weighted by Gasteiger charge is 2.36. The second kappa shape index (κ2) is 8.00. The average Bonchev–Trinajstić information content (AvgIpc) is 2.79. The molecular weight excluding hydrogens is 417 g/mol. The first-order valence-corrected chi connectivity index (χ1v) is 11.2. The molecule has 0 bridgehead atoms. The molecule has 1 heterocycles. The molecular formula is C24H20FNO4S. The number of hydrogen-bond donors (Lipinski definition) is 0. The Kier molecular flexibility index (Phi) is 5.37. The predicted molar refractivity (Wildman–Crippen MR) is 117 cm³/mol. The second-order valence-corrected chi connectivity index (χ2v) is 8.94. The monoisotopic (exact) mass is 437 g/mol. The smallest absolute Gasteiger partial charge is 0.214 e. The van der Waals surface area contributed by atoms with Crippen molar-refractivity contribution < 1.29 is 22.3 Å². The lowest BCUT2D eigenvalue weighted by Gasteiger charge is -2.29. The highest BCUT2D eigenvalue weighted by Crippen LogP contribution is 2.41. The third-order valence-corrected chi connectivity index (χ3v) is 6.98. The van der Waals surface area contributed by atoms with Gasteiger partial charge in [0.05, 0.1) is 17.7 Å². The van der Waals surface area contributed by atoms with Crippen LogP contribution in [0.2, 0.25) is 0 Å². The topological polar surface area (TPSA) is 63.7 Å². The molecule has 1 aliphatic rings. The van der Waals surface area contributed by atoms with Crippen molar-refractivity contribution in [2.45, 2.75) is 18.2 Å². The van der Waals surface area contributed by atoms with Crippen molar-refractivity contribution in [3.8, 4) is 5.75 Å². The highest BCUT2D eigenvalue weighted by atomic mass is 32.2. The maximum atomic E-state index is 14.0. The first-order chi connectivity index (χ1) is 14.8. The Balaban J connectivity index is 1.88. The van der Waals surface area contributed by atoms with Crippen LogP contribution in [0.25, 0.3) is 0 Å². The SMILES string of the molecule is CCc1ccc(C(=O)C2=CN(c3ccc(OC)cc3)c3ccc(F)cc3S2(=O)=O)cc1. The maximum Gasteiger partial charge on any atom is 0.214 e. The summed E-state index contributed by atoms with van der Waals surface area (Å²) in [6.45, 7) is 1.99. The number of methoxy groups -OCH3 is 1. The quantitative estimate of drug-likeness (QED) is 0.523. The van der Waals surface area contributed by atoms with Gasteiger partial charge in [0.1, 0.15) is 16.5 Å². The Hall–Kier alpha value is -3.45. The first kappa shape index (κ1) is 20.8. The van der Waals surface area contributed by atoms with E-state index in [-0.39, 0.29) is 16.1 Å². The lowest BCUT2D eigenvalue weighted by molar-refractivity contribution is 0.104. The van der Waals surface area contributed by atoms with Crippen LogP contribution in [0.4, 0.5) is 15.8 Å². The van der Waals surface area contributed by atoms with Crippen molar-refractivity contribution in [2.24, 2.45) is 0 Å². The van der Waals surface area contributed by atoms with Crippen LogP contribution >= 0.6 is 0 Å². The second-order valence-electron chi connectivity index (χ2n) is 7.06. The third kappa shape index (κ3) is 3.72. The molecule has 0 saturated heterocycles. The van der Waals surface area contributed by atoms with Gasteiger partial charge in [0.2, 0.25) is 15.6 Å². The van der Waals surface area contributed by atoms with Gasteiger partial charge >= 0.3 is 0 Å². The number of ether oxygens (including phenoxy) is 1. The minimum absolute atomic E-state index is 0.251. The van der Waals surface area contributed by atoms with E-state index in [1.165, 1.54) is 18.3 Å². The molecule has 0 spiro atoms. The molecule has 0 saturated carbocycles. The van der Waals surface area contributed by atoms with Gasteiger partial charge in [-0.2, -0.15) is 0 Å². The number of fused-ring (bicyclic) bond motifs is 1. The molecule has 3 aromatic rings. The number of halogens is 1. The minimum Gasteiger partial charge on any atom is -0.497 e. The number of nitrogens with zero attached hydrogens (tertiary/aromatic N) is 1. The lowest BCUT2D eigenvalue weighted by Crippen LogP contribution is -2.26. The van der Waals surface area contributed by atoms with Gasteiger partial charge in [-0.25, -0.2) is 12.8 Å². The van der Waals surface area contributed by atoms with Gasteiger partial charge < -0.3 is 9.64 Å². The van der Waals surface area contributed by atoms with E-state index in [1.807, 2.05) is 6.92 Å². The van der Waals surface area contributed by atoms with Crippen LogP contribution in [-0.4, -0.2) is 21.3 Å². The summed E-state index contributed by atoms with van der Waals surface area (Å²) in [6, 6.07) is 17.2. The van der Waals surface area contributed by atoms with Crippen molar-refractivity contribution in [3.63, 3.8) is 0 Å². The fraction of sp³-hybridized carbons (Fsp3) is 0.125. The van der Waals surface area contributed by atoms with Gasteiger partial charge in [0, 0.05) is 17.5 Å². The Morgan fingerprint density at radius 3 is 2.29 bits per heavy atom. The van der Waals surface area contributed by atoms with Gasteiger partial charge in [0.15, 0.2) is 0 Å². The molecule has 5 nitrogen and oxygen atoms in total. The Bertz CT molecular complexity index is 1280. The van der Waals surface area contributed by atoms with Crippen molar-refractivity contribution >= 4 is 27.0 Å². The first-order valence-electron chi connectivity index (χ1n) is 9.68. The molecule has 158 valence electrons. The van der Waals surface area contributed by atoms with Crippen LogP contribution in [-0.2, 0) is 16.3 Å².